The molecule has 0 aliphatic carbocycles. The molecule has 1 aromatic heterocycles. The summed E-state index contributed by atoms with van der Waals surface area (Å²) >= 11 is 0. The summed E-state index contributed by atoms with van der Waals surface area (Å²) in [5.74, 6) is -0.364. The van der Waals surface area contributed by atoms with Crippen molar-refractivity contribution >= 4 is 16.7 Å². The van der Waals surface area contributed by atoms with Crippen molar-refractivity contribution in [2.75, 3.05) is 6.61 Å². The first kappa shape index (κ1) is 21.5. The van der Waals surface area contributed by atoms with Crippen molar-refractivity contribution in [3.63, 3.8) is 0 Å². The van der Waals surface area contributed by atoms with E-state index in [4.69, 9.17) is 0 Å². The number of halogens is 3. The molecule has 162 valence electrons. The number of carbonyl (C=O) groups excluding carboxylic acids is 1. The lowest BCUT2D eigenvalue weighted by Gasteiger charge is -2.16. The van der Waals surface area contributed by atoms with Crippen LogP contribution in [0, 0.1) is 0 Å². The Kier molecular flexibility index (Phi) is 5.92. The fourth-order valence-corrected chi connectivity index (χ4v) is 3.55. The Labute approximate surface area is 182 Å². The number of pyridine rings is 1. The first-order valence-corrected chi connectivity index (χ1v) is 9.90. The normalized spacial score (nSPS) is 12.5. The van der Waals surface area contributed by atoms with Gasteiger partial charge in [0.1, 0.15) is 0 Å². The Morgan fingerprint density at radius 1 is 0.969 bits per heavy atom. The fourth-order valence-electron chi connectivity index (χ4n) is 3.55. The maximum absolute atomic E-state index is 12.9. The molecule has 4 rings (SSSR count). The van der Waals surface area contributed by atoms with Crippen LogP contribution in [0.2, 0.25) is 0 Å². The van der Waals surface area contributed by atoms with Gasteiger partial charge < -0.3 is 10.4 Å². The number of nitrogens with one attached hydrogen (secondary N) is 1. The first-order chi connectivity index (χ1) is 15.4. The van der Waals surface area contributed by atoms with E-state index in [1.807, 2.05) is 12.1 Å². The molecule has 0 spiro atoms. The van der Waals surface area contributed by atoms with Gasteiger partial charge in [-0.2, -0.15) is 13.2 Å². The van der Waals surface area contributed by atoms with Crippen molar-refractivity contribution in [2.24, 2.45) is 0 Å². The second-order valence-corrected chi connectivity index (χ2v) is 7.28. The summed E-state index contributed by atoms with van der Waals surface area (Å²) in [6.45, 7) is -0.297. The minimum Gasteiger partial charge on any atom is -0.394 e. The lowest BCUT2D eigenvalue weighted by molar-refractivity contribution is -0.137. The molecule has 4 nitrogen and oxygen atoms in total. The van der Waals surface area contributed by atoms with E-state index in [2.05, 4.69) is 10.3 Å². The van der Waals surface area contributed by atoms with Crippen LogP contribution in [0.5, 0.6) is 0 Å². The number of hydrogen-bond donors (Lipinski definition) is 2. The number of rotatable bonds is 5. The van der Waals surface area contributed by atoms with E-state index >= 15 is 0 Å². The maximum Gasteiger partial charge on any atom is 0.416 e. The molecule has 1 atom stereocenters. The number of benzene rings is 3. The van der Waals surface area contributed by atoms with Crippen LogP contribution in [0.25, 0.3) is 21.9 Å². The van der Waals surface area contributed by atoms with Gasteiger partial charge in [-0.25, -0.2) is 0 Å². The summed E-state index contributed by atoms with van der Waals surface area (Å²) < 4.78 is 38.6. The number of alkyl halides is 3. The molecule has 0 radical (unpaired) electrons. The zero-order chi connectivity index (χ0) is 22.7. The van der Waals surface area contributed by atoms with Gasteiger partial charge in [-0.3, -0.25) is 9.78 Å². The molecule has 0 fully saturated rings. The van der Waals surface area contributed by atoms with Gasteiger partial charge in [0.2, 0.25) is 0 Å². The van der Waals surface area contributed by atoms with Crippen LogP contribution in [0.3, 0.4) is 0 Å². The van der Waals surface area contributed by atoms with Gasteiger partial charge in [0, 0.05) is 11.8 Å². The van der Waals surface area contributed by atoms with E-state index in [1.54, 1.807) is 48.7 Å². The SMILES string of the molecule is O=C(N[C@H](CO)c1ccccn1)c1ccc2c(-c3ccc(C(F)(F)F)cc3)cccc2c1. The highest BCUT2D eigenvalue weighted by Gasteiger charge is 2.30. The van der Waals surface area contributed by atoms with Gasteiger partial charge in [-0.05, 0) is 58.3 Å². The van der Waals surface area contributed by atoms with Crippen molar-refractivity contribution in [3.05, 3.63) is 102 Å². The van der Waals surface area contributed by atoms with E-state index in [0.717, 1.165) is 28.5 Å². The maximum atomic E-state index is 12.9. The molecular formula is C25H19F3N2O2. The van der Waals surface area contributed by atoms with Crippen molar-refractivity contribution < 1.29 is 23.1 Å². The third kappa shape index (κ3) is 4.48. The molecule has 0 aliphatic rings. The molecule has 0 unspecified atom stereocenters. The van der Waals surface area contributed by atoms with E-state index in [-0.39, 0.29) is 12.5 Å². The van der Waals surface area contributed by atoms with E-state index < -0.39 is 17.8 Å². The molecule has 32 heavy (non-hydrogen) atoms. The monoisotopic (exact) mass is 436 g/mol. The number of hydrogen-bond acceptors (Lipinski definition) is 3. The van der Waals surface area contributed by atoms with Crippen LogP contribution in [-0.4, -0.2) is 22.6 Å². The minimum absolute atomic E-state index is 0.297. The molecule has 0 bridgehead atoms. The molecule has 3 aromatic carbocycles. The van der Waals surface area contributed by atoms with Gasteiger partial charge in [-0.1, -0.05) is 42.5 Å². The van der Waals surface area contributed by atoms with Crippen LogP contribution in [-0.2, 0) is 6.18 Å². The lowest BCUT2D eigenvalue weighted by atomic mass is 9.96. The predicted octanol–water partition coefficient (Wildman–Crippen LogP) is 5.38. The second-order valence-electron chi connectivity index (χ2n) is 7.28. The third-order valence-electron chi connectivity index (χ3n) is 5.20. The molecule has 0 saturated heterocycles. The van der Waals surface area contributed by atoms with Crippen LogP contribution < -0.4 is 5.32 Å². The van der Waals surface area contributed by atoms with Crippen LogP contribution in [0.15, 0.2) is 85.1 Å². The second kappa shape index (κ2) is 8.80. The molecular weight excluding hydrogens is 417 g/mol. The molecule has 2 N–H and O–H groups in total. The van der Waals surface area contributed by atoms with Crippen LogP contribution in [0.1, 0.15) is 27.7 Å². The highest BCUT2D eigenvalue weighted by Crippen LogP contribution is 2.33. The lowest BCUT2D eigenvalue weighted by Crippen LogP contribution is -2.31. The Morgan fingerprint density at radius 3 is 2.41 bits per heavy atom. The van der Waals surface area contributed by atoms with E-state index in [9.17, 15) is 23.1 Å². The number of fused-ring (bicyclic) bond motifs is 1. The number of nitrogens with zero attached hydrogens (tertiary/aromatic N) is 1. The topological polar surface area (TPSA) is 62.2 Å². The summed E-state index contributed by atoms with van der Waals surface area (Å²) in [6.07, 6.45) is -2.80. The highest BCUT2D eigenvalue weighted by molar-refractivity contribution is 6.02. The molecule has 0 saturated carbocycles. The number of carbonyl (C=O) groups is 1. The molecule has 0 aliphatic heterocycles. The molecule has 1 amide bonds. The number of aromatic nitrogens is 1. The third-order valence-corrected chi connectivity index (χ3v) is 5.20. The summed E-state index contributed by atoms with van der Waals surface area (Å²) in [7, 11) is 0. The molecule has 7 heteroatoms. The smallest absolute Gasteiger partial charge is 0.394 e. The van der Waals surface area contributed by atoms with Gasteiger partial charge in [0.25, 0.3) is 5.91 Å². The van der Waals surface area contributed by atoms with Crippen molar-refractivity contribution in [1.82, 2.24) is 10.3 Å². The zero-order valence-corrected chi connectivity index (χ0v) is 16.8. The largest absolute Gasteiger partial charge is 0.416 e. The molecule has 4 aromatic rings. The summed E-state index contributed by atoms with van der Waals surface area (Å²) in [5.41, 5.74) is 1.66. The average Bonchev–Trinajstić information content (AvgIpc) is 2.81. The van der Waals surface area contributed by atoms with Crippen LogP contribution >= 0.6 is 0 Å². The highest BCUT2D eigenvalue weighted by atomic mass is 19.4. The van der Waals surface area contributed by atoms with Crippen molar-refractivity contribution in [2.45, 2.75) is 12.2 Å². The van der Waals surface area contributed by atoms with Gasteiger partial charge in [0.05, 0.1) is 23.9 Å². The van der Waals surface area contributed by atoms with Crippen molar-refractivity contribution in [1.29, 1.82) is 0 Å². The van der Waals surface area contributed by atoms with E-state index in [0.29, 0.717) is 16.8 Å². The Hall–Kier alpha value is -3.71. The fraction of sp³-hybridized carbons (Fsp3) is 0.120. The Bertz CT molecular complexity index is 1240. The number of aliphatic hydroxyl groups excluding tert-OH is 1. The molecule has 1 heterocycles. The van der Waals surface area contributed by atoms with Gasteiger partial charge in [0.15, 0.2) is 0 Å². The Balaban J connectivity index is 1.62. The first-order valence-electron chi connectivity index (χ1n) is 9.90. The zero-order valence-electron chi connectivity index (χ0n) is 16.8. The van der Waals surface area contributed by atoms with Gasteiger partial charge in [-0.15, -0.1) is 0 Å². The average molecular weight is 436 g/mol. The summed E-state index contributed by atoms with van der Waals surface area (Å²) in [5, 5.41) is 14.0. The van der Waals surface area contributed by atoms with E-state index in [1.165, 1.54) is 12.1 Å². The number of amides is 1. The number of aliphatic hydroxyl groups is 1. The standard InChI is InChI=1S/C25H19F3N2O2/c26-25(27,28)19-10-7-16(8-11-19)20-5-3-4-17-14-18(9-12-21(17)20)24(32)30-23(15-31)22-6-1-2-13-29-22/h1-14,23,31H,15H2,(H,30,32)/t23-/m1/s1. The summed E-state index contributed by atoms with van der Waals surface area (Å²) in [4.78, 5) is 16.9. The van der Waals surface area contributed by atoms with Crippen LogP contribution in [0.4, 0.5) is 13.2 Å². The quantitative estimate of drug-likeness (QED) is 0.441. The summed E-state index contributed by atoms with van der Waals surface area (Å²) in [6, 6.07) is 20.2. The minimum atomic E-state index is -4.39. The van der Waals surface area contributed by atoms with Crippen molar-refractivity contribution in [3.8, 4) is 11.1 Å². The Morgan fingerprint density at radius 2 is 1.75 bits per heavy atom. The van der Waals surface area contributed by atoms with Gasteiger partial charge >= 0.3 is 6.18 Å². The predicted molar refractivity (Wildman–Crippen MR) is 116 cm³/mol.